The molecule has 4 heteroatoms. The van der Waals surface area contributed by atoms with Gasteiger partial charge in [-0.3, -0.25) is 4.79 Å². The Kier molecular flexibility index (Phi) is 4.73. The highest BCUT2D eigenvalue weighted by atomic mass is 32.1. The summed E-state index contributed by atoms with van der Waals surface area (Å²) in [6, 6.07) is 5.79. The number of nitrogens with one attached hydrogen (secondary N) is 1. The second kappa shape index (κ2) is 6.52. The SMILES string of the molecule is Cc1ccn(CCNCCc2ccsc2)c(=O)c1. The molecule has 0 saturated heterocycles. The lowest BCUT2D eigenvalue weighted by molar-refractivity contribution is 0.586. The van der Waals surface area contributed by atoms with E-state index in [1.54, 1.807) is 22.0 Å². The standard InChI is InChI=1S/C14H18N2OS/c1-12-3-7-16(14(17)10-12)8-6-15-5-2-13-4-9-18-11-13/h3-4,7,9-11,15H,2,5-6,8H2,1H3. The smallest absolute Gasteiger partial charge is 0.250 e. The van der Waals surface area contributed by atoms with Crippen molar-refractivity contribution in [1.29, 1.82) is 0 Å². The molecular weight excluding hydrogens is 244 g/mol. The molecule has 0 unspecified atom stereocenters. The fraction of sp³-hybridized carbons (Fsp3) is 0.357. The Balaban J connectivity index is 1.70. The highest BCUT2D eigenvalue weighted by Crippen LogP contribution is 2.05. The summed E-state index contributed by atoms with van der Waals surface area (Å²) in [4.78, 5) is 11.6. The normalized spacial score (nSPS) is 10.7. The lowest BCUT2D eigenvalue weighted by Crippen LogP contribution is -2.27. The van der Waals surface area contributed by atoms with Crippen LogP contribution in [-0.4, -0.2) is 17.7 Å². The van der Waals surface area contributed by atoms with Crippen molar-refractivity contribution >= 4 is 11.3 Å². The van der Waals surface area contributed by atoms with Gasteiger partial charge in [-0.05, 0) is 53.9 Å². The van der Waals surface area contributed by atoms with E-state index in [1.807, 2.05) is 19.2 Å². The van der Waals surface area contributed by atoms with E-state index in [9.17, 15) is 4.79 Å². The molecule has 2 aromatic heterocycles. The van der Waals surface area contributed by atoms with Crippen LogP contribution in [-0.2, 0) is 13.0 Å². The third-order valence-electron chi connectivity index (χ3n) is 2.85. The summed E-state index contributed by atoms with van der Waals surface area (Å²) in [6.07, 6.45) is 2.91. The van der Waals surface area contributed by atoms with Gasteiger partial charge in [0.2, 0.25) is 0 Å². The lowest BCUT2D eigenvalue weighted by atomic mass is 10.2. The van der Waals surface area contributed by atoms with E-state index in [2.05, 4.69) is 22.1 Å². The van der Waals surface area contributed by atoms with E-state index in [0.717, 1.165) is 31.6 Å². The number of hydrogen-bond acceptors (Lipinski definition) is 3. The number of rotatable bonds is 6. The number of hydrogen-bond donors (Lipinski definition) is 1. The lowest BCUT2D eigenvalue weighted by Gasteiger charge is -2.07. The fourth-order valence-corrected chi connectivity index (χ4v) is 2.49. The first-order valence-corrected chi connectivity index (χ1v) is 7.09. The van der Waals surface area contributed by atoms with E-state index >= 15 is 0 Å². The van der Waals surface area contributed by atoms with Crippen molar-refractivity contribution in [2.75, 3.05) is 13.1 Å². The van der Waals surface area contributed by atoms with E-state index in [-0.39, 0.29) is 5.56 Å². The van der Waals surface area contributed by atoms with Crippen molar-refractivity contribution < 1.29 is 0 Å². The Morgan fingerprint density at radius 3 is 2.94 bits per heavy atom. The molecule has 0 amide bonds. The van der Waals surface area contributed by atoms with E-state index in [4.69, 9.17) is 0 Å². The van der Waals surface area contributed by atoms with Crippen LogP contribution in [0.4, 0.5) is 0 Å². The van der Waals surface area contributed by atoms with Crippen LogP contribution in [0.1, 0.15) is 11.1 Å². The maximum absolute atomic E-state index is 11.6. The highest BCUT2D eigenvalue weighted by Gasteiger charge is 1.96. The van der Waals surface area contributed by atoms with Gasteiger partial charge in [0, 0.05) is 25.4 Å². The molecule has 0 saturated carbocycles. The average molecular weight is 262 g/mol. The zero-order valence-electron chi connectivity index (χ0n) is 10.6. The van der Waals surface area contributed by atoms with Gasteiger partial charge in [0.1, 0.15) is 0 Å². The van der Waals surface area contributed by atoms with Crippen molar-refractivity contribution in [2.45, 2.75) is 19.9 Å². The Labute approximate surface area is 111 Å². The molecule has 0 aliphatic carbocycles. The number of aromatic nitrogens is 1. The molecule has 2 rings (SSSR count). The minimum absolute atomic E-state index is 0.0784. The molecule has 0 aromatic carbocycles. The molecule has 18 heavy (non-hydrogen) atoms. The zero-order chi connectivity index (χ0) is 12.8. The van der Waals surface area contributed by atoms with Gasteiger partial charge < -0.3 is 9.88 Å². The molecule has 0 bridgehead atoms. The van der Waals surface area contributed by atoms with Crippen LogP contribution < -0.4 is 10.9 Å². The van der Waals surface area contributed by atoms with Crippen molar-refractivity contribution in [3.63, 3.8) is 0 Å². The van der Waals surface area contributed by atoms with Crippen LogP contribution >= 0.6 is 11.3 Å². The van der Waals surface area contributed by atoms with Crippen LogP contribution in [0, 0.1) is 6.92 Å². The van der Waals surface area contributed by atoms with Crippen LogP contribution in [0.2, 0.25) is 0 Å². The van der Waals surface area contributed by atoms with Crippen molar-refractivity contribution in [3.8, 4) is 0 Å². The van der Waals surface area contributed by atoms with Crippen LogP contribution in [0.25, 0.3) is 0 Å². The molecule has 3 nitrogen and oxygen atoms in total. The van der Waals surface area contributed by atoms with E-state index in [1.165, 1.54) is 5.56 Å². The molecule has 0 aliphatic heterocycles. The zero-order valence-corrected chi connectivity index (χ0v) is 11.4. The highest BCUT2D eigenvalue weighted by molar-refractivity contribution is 7.07. The first-order chi connectivity index (χ1) is 8.75. The van der Waals surface area contributed by atoms with Crippen LogP contribution in [0.15, 0.2) is 40.0 Å². The number of pyridine rings is 1. The Bertz CT molecular complexity index is 531. The van der Waals surface area contributed by atoms with Gasteiger partial charge in [-0.25, -0.2) is 0 Å². The molecule has 0 fully saturated rings. The van der Waals surface area contributed by atoms with Crippen LogP contribution in [0.3, 0.4) is 0 Å². The Hall–Kier alpha value is -1.39. The van der Waals surface area contributed by atoms with Crippen LogP contribution in [0.5, 0.6) is 0 Å². The summed E-state index contributed by atoms with van der Waals surface area (Å²) < 4.78 is 1.74. The minimum Gasteiger partial charge on any atom is -0.315 e. The predicted octanol–water partition coefficient (Wildman–Crippen LogP) is 2.05. The predicted molar refractivity (Wildman–Crippen MR) is 76.3 cm³/mol. The van der Waals surface area contributed by atoms with E-state index < -0.39 is 0 Å². The summed E-state index contributed by atoms with van der Waals surface area (Å²) in [5, 5.41) is 7.63. The van der Waals surface area contributed by atoms with Gasteiger partial charge in [-0.2, -0.15) is 11.3 Å². The van der Waals surface area contributed by atoms with E-state index in [0.29, 0.717) is 0 Å². The molecule has 96 valence electrons. The van der Waals surface area contributed by atoms with Gasteiger partial charge in [-0.1, -0.05) is 0 Å². The molecule has 0 atom stereocenters. The van der Waals surface area contributed by atoms with Gasteiger partial charge in [0.05, 0.1) is 0 Å². The molecule has 2 aromatic rings. The monoisotopic (exact) mass is 262 g/mol. The topological polar surface area (TPSA) is 34.0 Å². The first kappa shape index (κ1) is 13.1. The molecular formula is C14H18N2OS. The third-order valence-corrected chi connectivity index (χ3v) is 3.58. The third kappa shape index (κ3) is 3.82. The number of aryl methyl sites for hydroxylation is 1. The maximum Gasteiger partial charge on any atom is 0.250 e. The average Bonchev–Trinajstić information content (AvgIpc) is 2.84. The van der Waals surface area contributed by atoms with Crippen molar-refractivity contribution in [3.05, 3.63) is 56.6 Å². The number of nitrogens with zero attached hydrogens (tertiary/aromatic N) is 1. The summed E-state index contributed by atoms with van der Waals surface area (Å²) in [5.74, 6) is 0. The fourth-order valence-electron chi connectivity index (χ4n) is 1.78. The summed E-state index contributed by atoms with van der Waals surface area (Å²) in [6.45, 7) is 4.44. The van der Waals surface area contributed by atoms with Gasteiger partial charge >= 0.3 is 0 Å². The second-order valence-electron chi connectivity index (χ2n) is 4.37. The summed E-state index contributed by atoms with van der Waals surface area (Å²) in [7, 11) is 0. The van der Waals surface area contributed by atoms with Gasteiger partial charge in [-0.15, -0.1) is 0 Å². The quantitative estimate of drug-likeness (QED) is 0.808. The molecule has 2 heterocycles. The Morgan fingerprint density at radius 2 is 2.22 bits per heavy atom. The number of thiophene rings is 1. The van der Waals surface area contributed by atoms with Crippen molar-refractivity contribution in [2.24, 2.45) is 0 Å². The molecule has 1 N–H and O–H groups in total. The largest absolute Gasteiger partial charge is 0.315 e. The van der Waals surface area contributed by atoms with Gasteiger partial charge in [0.15, 0.2) is 0 Å². The molecule has 0 aliphatic rings. The Morgan fingerprint density at radius 1 is 1.33 bits per heavy atom. The first-order valence-electron chi connectivity index (χ1n) is 6.14. The summed E-state index contributed by atoms with van der Waals surface area (Å²) in [5.41, 5.74) is 2.47. The van der Waals surface area contributed by atoms with Gasteiger partial charge in [0.25, 0.3) is 5.56 Å². The minimum atomic E-state index is 0.0784. The maximum atomic E-state index is 11.6. The molecule has 0 radical (unpaired) electrons. The molecule has 0 spiro atoms. The van der Waals surface area contributed by atoms with Crippen molar-refractivity contribution in [1.82, 2.24) is 9.88 Å². The second-order valence-corrected chi connectivity index (χ2v) is 5.15. The summed E-state index contributed by atoms with van der Waals surface area (Å²) >= 11 is 1.73.